The topological polar surface area (TPSA) is 31.4 Å². The van der Waals surface area contributed by atoms with Crippen LogP contribution in [0.3, 0.4) is 0 Å². The molecule has 5 rings (SSSR count). The van der Waals surface area contributed by atoms with E-state index >= 15 is 0 Å². The predicted octanol–water partition coefficient (Wildman–Crippen LogP) is 4.28. The van der Waals surface area contributed by atoms with Crippen LogP contribution >= 0.6 is 11.5 Å². The molecular weight excluding hydrogens is 370 g/mol. The highest BCUT2D eigenvalue weighted by molar-refractivity contribution is 7.13. The van der Waals surface area contributed by atoms with Gasteiger partial charge in [-0.3, -0.25) is 4.90 Å². The number of nitrogens with one attached hydrogen (secondary N) is 1. The largest absolute Gasteiger partial charge is 0.359 e. The number of halogens is 1. The highest BCUT2D eigenvalue weighted by Crippen LogP contribution is 2.31. The number of aromatic nitrogens is 1. The number of piperazine rings is 1. The van der Waals surface area contributed by atoms with Gasteiger partial charge in [-0.05, 0) is 47.3 Å². The second-order valence-electron chi connectivity index (χ2n) is 7.59. The Hall–Kier alpha value is -2.44. The smallest absolute Gasteiger partial charge is 0.150 e. The molecule has 1 N–H and O–H groups in total. The summed E-state index contributed by atoms with van der Waals surface area (Å²) in [6.07, 6.45) is 1.54. The fraction of sp³-hybridized carbons (Fsp3) is 0.318. The van der Waals surface area contributed by atoms with E-state index in [1.807, 2.05) is 6.07 Å². The molecular formula is C22H23FN4S. The van der Waals surface area contributed by atoms with Gasteiger partial charge in [-0.15, -0.1) is 0 Å². The van der Waals surface area contributed by atoms with Crippen LogP contribution in [0.2, 0.25) is 0 Å². The van der Waals surface area contributed by atoms with Crippen LogP contribution in [0.4, 0.5) is 15.9 Å². The highest BCUT2D eigenvalue weighted by atomic mass is 32.1. The average molecular weight is 394 g/mol. The van der Waals surface area contributed by atoms with Gasteiger partial charge in [0.2, 0.25) is 0 Å². The van der Waals surface area contributed by atoms with Crippen molar-refractivity contribution in [2.75, 3.05) is 42.9 Å². The van der Waals surface area contributed by atoms with E-state index in [0.717, 1.165) is 73.9 Å². The summed E-state index contributed by atoms with van der Waals surface area (Å²) in [6, 6.07) is 12.0. The van der Waals surface area contributed by atoms with Crippen molar-refractivity contribution >= 4 is 33.1 Å². The number of fused-ring (bicyclic) bond motifs is 2. The number of benzene rings is 2. The molecule has 0 radical (unpaired) electrons. The maximum absolute atomic E-state index is 14.4. The van der Waals surface area contributed by atoms with E-state index < -0.39 is 0 Å². The lowest BCUT2D eigenvalue weighted by Crippen LogP contribution is -2.47. The summed E-state index contributed by atoms with van der Waals surface area (Å²) < 4.78 is 20.3. The molecule has 3 heterocycles. The Morgan fingerprint density at radius 2 is 1.96 bits per heavy atom. The van der Waals surface area contributed by atoms with Crippen LogP contribution in [0.25, 0.3) is 10.1 Å². The first-order valence-corrected chi connectivity index (χ1v) is 10.5. The quantitative estimate of drug-likeness (QED) is 0.717. The van der Waals surface area contributed by atoms with Gasteiger partial charge in [0.15, 0.2) is 0 Å². The monoisotopic (exact) mass is 393 g/mol. The number of hydrogen-bond donors (Lipinski definition) is 1. The summed E-state index contributed by atoms with van der Waals surface area (Å²) in [5, 5.41) is 4.39. The molecule has 0 aliphatic carbocycles. The van der Waals surface area contributed by atoms with Crippen molar-refractivity contribution in [2.24, 2.45) is 0 Å². The molecule has 1 fully saturated rings. The molecule has 2 aromatic carbocycles. The molecule has 0 spiro atoms. The minimum Gasteiger partial charge on any atom is -0.359 e. The first kappa shape index (κ1) is 17.6. The van der Waals surface area contributed by atoms with E-state index in [-0.39, 0.29) is 5.82 Å². The summed E-state index contributed by atoms with van der Waals surface area (Å²) in [5.41, 5.74) is 3.78. The lowest BCUT2D eigenvalue weighted by atomic mass is 10.0. The first-order chi connectivity index (χ1) is 13.7. The zero-order valence-corrected chi connectivity index (χ0v) is 16.6. The molecule has 2 aliphatic heterocycles. The normalized spacial score (nSPS) is 17.2. The summed E-state index contributed by atoms with van der Waals surface area (Å²) in [6.45, 7) is 8.72. The lowest BCUT2D eigenvalue weighted by molar-refractivity contribution is 0.260. The number of nitrogens with zero attached hydrogens (tertiary/aromatic N) is 3. The molecule has 0 amide bonds. The third-order valence-electron chi connectivity index (χ3n) is 5.72. The molecule has 1 saturated heterocycles. The second kappa shape index (κ2) is 7.18. The molecule has 1 aromatic heterocycles. The van der Waals surface area contributed by atoms with Gasteiger partial charge < -0.3 is 10.2 Å². The van der Waals surface area contributed by atoms with Gasteiger partial charge in [0.25, 0.3) is 0 Å². The summed E-state index contributed by atoms with van der Waals surface area (Å²) >= 11 is 1.57. The molecule has 2 aliphatic rings. The minimum atomic E-state index is -0.117. The second-order valence-corrected chi connectivity index (χ2v) is 8.39. The zero-order valence-electron chi connectivity index (χ0n) is 15.7. The fourth-order valence-corrected chi connectivity index (χ4v) is 4.95. The predicted molar refractivity (Wildman–Crippen MR) is 115 cm³/mol. The van der Waals surface area contributed by atoms with Crippen LogP contribution in [-0.2, 0) is 12.8 Å². The van der Waals surface area contributed by atoms with Gasteiger partial charge in [0.1, 0.15) is 11.6 Å². The number of hydrogen-bond acceptors (Lipinski definition) is 5. The molecule has 3 aromatic rings. The minimum absolute atomic E-state index is 0.117. The van der Waals surface area contributed by atoms with Crippen LogP contribution in [0.15, 0.2) is 48.7 Å². The molecule has 28 heavy (non-hydrogen) atoms. The van der Waals surface area contributed by atoms with Crippen LogP contribution in [0.5, 0.6) is 0 Å². The molecule has 0 atom stereocenters. The van der Waals surface area contributed by atoms with Gasteiger partial charge in [-0.1, -0.05) is 24.8 Å². The van der Waals surface area contributed by atoms with Crippen molar-refractivity contribution < 1.29 is 4.39 Å². The van der Waals surface area contributed by atoms with Crippen molar-refractivity contribution in [3.05, 3.63) is 65.6 Å². The van der Waals surface area contributed by atoms with Gasteiger partial charge in [-0.25, -0.2) is 4.39 Å². The SMILES string of the molecule is C=C1Cc2cc(CCN3CCN(c4nsc5ccccc45)CC3)c([18F])cc2N1. The number of rotatable bonds is 4. The molecule has 4 nitrogen and oxygen atoms in total. The van der Waals surface area contributed by atoms with Crippen molar-refractivity contribution in [3.8, 4) is 0 Å². The van der Waals surface area contributed by atoms with E-state index in [1.54, 1.807) is 17.6 Å². The molecule has 0 saturated carbocycles. The average Bonchev–Trinajstić information content (AvgIpc) is 3.29. The van der Waals surface area contributed by atoms with Crippen molar-refractivity contribution in [1.82, 2.24) is 9.27 Å². The van der Waals surface area contributed by atoms with E-state index in [4.69, 9.17) is 0 Å². The van der Waals surface area contributed by atoms with Crippen LogP contribution in [0.1, 0.15) is 11.1 Å². The Balaban J connectivity index is 1.20. The maximum atomic E-state index is 14.4. The van der Waals surface area contributed by atoms with Crippen LogP contribution < -0.4 is 10.2 Å². The zero-order chi connectivity index (χ0) is 19.1. The van der Waals surface area contributed by atoms with E-state index in [9.17, 15) is 4.39 Å². The Morgan fingerprint density at radius 1 is 1.14 bits per heavy atom. The molecule has 0 bridgehead atoms. The summed E-state index contributed by atoms with van der Waals surface area (Å²) in [5.74, 6) is 0.992. The molecule has 6 heteroatoms. The summed E-state index contributed by atoms with van der Waals surface area (Å²) in [4.78, 5) is 4.80. The third kappa shape index (κ3) is 3.27. The van der Waals surface area contributed by atoms with E-state index in [0.29, 0.717) is 0 Å². The van der Waals surface area contributed by atoms with Crippen molar-refractivity contribution in [1.29, 1.82) is 0 Å². The van der Waals surface area contributed by atoms with E-state index in [1.165, 1.54) is 10.1 Å². The first-order valence-electron chi connectivity index (χ1n) is 9.75. The number of allylic oxidation sites excluding steroid dienone is 1. The summed E-state index contributed by atoms with van der Waals surface area (Å²) in [7, 11) is 0. The number of anilines is 2. The van der Waals surface area contributed by atoms with Crippen LogP contribution in [0, 0.1) is 5.82 Å². The van der Waals surface area contributed by atoms with Crippen molar-refractivity contribution in [3.63, 3.8) is 0 Å². The molecule has 0 unspecified atom stereocenters. The Labute approximate surface area is 168 Å². The van der Waals surface area contributed by atoms with E-state index in [2.05, 4.69) is 50.3 Å². The standard InChI is InChI=1S/C22H23FN4S/c1-15-12-17-13-16(19(23)14-20(17)24-15)6-7-26-8-10-27(11-9-26)22-18-4-2-3-5-21(18)28-25-22/h2-5,13-14,24H,1,6-12H2/i23-1. The van der Waals surface area contributed by atoms with Gasteiger partial charge in [-0.2, -0.15) is 4.37 Å². The third-order valence-corrected chi connectivity index (χ3v) is 6.53. The van der Waals surface area contributed by atoms with Gasteiger partial charge in [0.05, 0.1) is 4.70 Å². The Morgan fingerprint density at radius 3 is 2.82 bits per heavy atom. The lowest BCUT2D eigenvalue weighted by Gasteiger charge is -2.35. The Kier molecular flexibility index (Phi) is 4.53. The Bertz CT molecular complexity index is 1040. The van der Waals surface area contributed by atoms with Crippen molar-refractivity contribution in [2.45, 2.75) is 12.8 Å². The van der Waals surface area contributed by atoms with Crippen LogP contribution in [-0.4, -0.2) is 42.0 Å². The molecule has 144 valence electrons. The highest BCUT2D eigenvalue weighted by Gasteiger charge is 2.21. The fourth-order valence-electron chi connectivity index (χ4n) is 4.15. The maximum Gasteiger partial charge on any atom is 0.150 e. The van der Waals surface area contributed by atoms with Gasteiger partial charge >= 0.3 is 0 Å². The van der Waals surface area contributed by atoms with Gasteiger partial charge in [0, 0.05) is 55.9 Å².